The van der Waals surface area contributed by atoms with Gasteiger partial charge < -0.3 is 29.7 Å². The lowest BCUT2D eigenvalue weighted by Gasteiger charge is -2.25. The molecule has 0 amide bonds. The fraction of sp³-hybridized carbons (Fsp3) is 0.615. The first kappa shape index (κ1) is 19.4. The zero-order valence-electron chi connectivity index (χ0n) is 13.8. The van der Waals surface area contributed by atoms with Crippen molar-refractivity contribution in [2.75, 3.05) is 55.8 Å². The summed E-state index contributed by atoms with van der Waals surface area (Å²) in [7, 11) is -4.16. The molecule has 0 saturated carbocycles. The molecular formula is C13H22N5O6P. The van der Waals surface area contributed by atoms with Crippen LogP contribution in [0.2, 0.25) is 0 Å². The van der Waals surface area contributed by atoms with E-state index in [4.69, 9.17) is 14.5 Å². The molecular weight excluding hydrogens is 353 g/mol. The molecule has 0 fully saturated rings. The van der Waals surface area contributed by atoms with E-state index in [0.29, 0.717) is 31.3 Å². The molecule has 1 aromatic heterocycles. The second-order valence-corrected chi connectivity index (χ2v) is 7.27. The maximum absolute atomic E-state index is 11.7. The van der Waals surface area contributed by atoms with Crippen molar-refractivity contribution >= 4 is 25.1 Å². The van der Waals surface area contributed by atoms with E-state index in [1.54, 1.807) is 11.8 Å². The lowest BCUT2D eigenvalue weighted by molar-refractivity contribution is -0.144. The van der Waals surface area contributed by atoms with E-state index in [-0.39, 0.29) is 31.4 Å². The largest absolute Gasteiger partial charge is 0.465 e. The van der Waals surface area contributed by atoms with Gasteiger partial charge >= 0.3 is 13.6 Å². The SMILES string of the molecule is CCOC(=O)CN(CCN1CNc2c1nc[nH]c2=O)CCP(=O)(O)O. The summed E-state index contributed by atoms with van der Waals surface area (Å²) in [6.45, 7) is 3.09. The highest BCUT2D eigenvalue weighted by molar-refractivity contribution is 7.51. The van der Waals surface area contributed by atoms with Gasteiger partial charge in [0.15, 0.2) is 5.82 Å². The van der Waals surface area contributed by atoms with Gasteiger partial charge in [0.25, 0.3) is 5.56 Å². The number of H-pyrrole nitrogens is 1. The number of carbonyl (C=O) groups is 1. The van der Waals surface area contributed by atoms with Gasteiger partial charge in [-0.3, -0.25) is 19.1 Å². The lowest BCUT2D eigenvalue weighted by atomic mass is 10.4. The summed E-state index contributed by atoms with van der Waals surface area (Å²) >= 11 is 0. The number of fused-ring (bicyclic) bond motifs is 1. The van der Waals surface area contributed by atoms with Crippen LogP contribution in [0.3, 0.4) is 0 Å². The van der Waals surface area contributed by atoms with Crippen molar-refractivity contribution in [1.29, 1.82) is 0 Å². The van der Waals surface area contributed by atoms with Crippen LogP contribution in [0.15, 0.2) is 11.1 Å². The van der Waals surface area contributed by atoms with Gasteiger partial charge in [0.2, 0.25) is 0 Å². The topological polar surface area (TPSA) is 148 Å². The Balaban J connectivity index is 1.97. The number of esters is 1. The van der Waals surface area contributed by atoms with Gasteiger partial charge in [0, 0.05) is 19.6 Å². The maximum atomic E-state index is 11.7. The van der Waals surface area contributed by atoms with Crippen molar-refractivity contribution in [3.05, 3.63) is 16.7 Å². The third-order valence-corrected chi connectivity index (χ3v) is 4.41. The molecule has 140 valence electrons. The Kier molecular flexibility index (Phi) is 6.54. The monoisotopic (exact) mass is 375 g/mol. The minimum absolute atomic E-state index is 0.0556. The fourth-order valence-electron chi connectivity index (χ4n) is 2.42. The number of hydrogen-bond donors (Lipinski definition) is 4. The molecule has 1 aliphatic heterocycles. The Hall–Kier alpha value is -1.94. The Morgan fingerprint density at radius 2 is 2.24 bits per heavy atom. The number of nitrogens with zero attached hydrogens (tertiary/aromatic N) is 3. The third-order valence-electron chi connectivity index (χ3n) is 3.63. The van der Waals surface area contributed by atoms with Crippen LogP contribution in [-0.4, -0.2) is 76.2 Å². The van der Waals surface area contributed by atoms with Crippen LogP contribution >= 0.6 is 7.60 Å². The molecule has 25 heavy (non-hydrogen) atoms. The van der Waals surface area contributed by atoms with Crippen LogP contribution in [0.25, 0.3) is 0 Å². The summed E-state index contributed by atoms with van der Waals surface area (Å²) in [5, 5.41) is 2.94. The predicted octanol–water partition coefficient (Wildman–Crippen LogP) is -0.998. The van der Waals surface area contributed by atoms with Crippen molar-refractivity contribution in [2.45, 2.75) is 6.92 Å². The number of hydrogen-bond acceptors (Lipinski definition) is 8. The third kappa shape index (κ3) is 5.82. The van der Waals surface area contributed by atoms with Gasteiger partial charge in [0.05, 0.1) is 32.3 Å². The smallest absolute Gasteiger partial charge is 0.326 e. The molecule has 2 heterocycles. The molecule has 0 atom stereocenters. The average molecular weight is 375 g/mol. The lowest BCUT2D eigenvalue weighted by Crippen LogP contribution is -2.40. The van der Waals surface area contributed by atoms with Crippen molar-refractivity contribution in [1.82, 2.24) is 14.9 Å². The van der Waals surface area contributed by atoms with Crippen molar-refractivity contribution in [3.63, 3.8) is 0 Å². The molecule has 11 nitrogen and oxygen atoms in total. The van der Waals surface area contributed by atoms with Crippen molar-refractivity contribution < 1.29 is 23.9 Å². The van der Waals surface area contributed by atoms with E-state index in [9.17, 15) is 14.2 Å². The number of aromatic amines is 1. The molecule has 0 saturated heterocycles. The van der Waals surface area contributed by atoms with Gasteiger partial charge in [-0.05, 0) is 6.92 Å². The summed E-state index contributed by atoms with van der Waals surface area (Å²) in [5.74, 6) is 0.0533. The van der Waals surface area contributed by atoms with E-state index in [1.807, 2.05) is 4.90 Å². The van der Waals surface area contributed by atoms with Crippen LogP contribution in [0.4, 0.5) is 11.5 Å². The quantitative estimate of drug-likeness (QED) is 0.313. The first-order valence-electron chi connectivity index (χ1n) is 7.79. The molecule has 0 radical (unpaired) electrons. The second kappa shape index (κ2) is 8.43. The molecule has 1 aliphatic rings. The summed E-state index contributed by atoms with van der Waals surface area (Å²) in [6.07, 6.45) is 0.963. The van der Waals surface area contributed by atoms with Crippen molar-refractivity contribution in [2.24, 2.45) is 0 Å². The normalized spacial score (nSPS) is 13.7. The van der Waals surface area contributed by atoms with Gasteiger partial charge in [-0.25, -0.2) is 4.98 Å². The number of nitrogens with one attached hydrogen (secondary N) is 2. The molecule has 1 aromatic rings. The molecule has 12 heteroatoms. The molecule has 2 rings (SSSR count). The fourth-order valence-corrected chi connectivity index (χ4v) is 2.96. The second-order valence-electron chi connectivity index (χ2n) is 5.50. The van der Waals surface area contributed by atoms with Crippen LogP contribution < -0.4 is 15.8 Å². The Morgan fingerprint density at radius 3 is 2.92 bits per heavy atom. The Morgan fingerprint density at radius 1 is 1.48 bits per heavy atom. The van der Waals surface area contributed by atoms with E-state index in [1.165, 1.54) is 6.33 Å². The molecule has 0 bridgehead atoms. The number of ether oxygens (including phenoxy) is 1. The summed E-state index contributed by atoms with van der Waals surface area (Å²) in [5.41, 5.74) is 0.118. The van der Waals surface area contributed by atoms with Crippen molar-refractivity contribution in [3.8, 4) is 0 Å². The number of carbonyl (C=O) groups excluding carboxylic acids is 1. The minimum atomic E-state index is -4.16. The Labute approximate surface area is 144 Å². The average Bonchev–Trinajstić information content (AvgIpc) is 2.94. The maximum Gasteiger partial charge on any atom is 0.326 e. The summed E-state index contributed by atoms with van der Waals surface area (Å²) in [4.78, 5) is 51.5. The van der Waals surface area contributed by atoms with Gasteiger partial charge in [-0.2, -0.15) is 0 Å². The van der Waals surface area contributed by atoms with Gasteiger partial charge in [-0.15, -0.1) is 0 Å². The van der Waals surface area contributed by atoms with E-state index in [2.05, 4.69) is 15.3 Å². The standard InChI is InChI=1S/C13H22N5O6P/c1-2-24-10(19)7-17(5-6-25(21,22)23)3-4-18-9-16-11-12(18)14-8-15-13(11)20/h8,16H,2-7,9H2,1H3,(H,14,15,20)(H2,21,22,23). The number of aromatic nitrogens is 2. The van der Waals surface area contributed by atoms with Gasteiger partial charge in [-0.1, -0.05) is 0 Å². The summed E-state index contributed by atoms with van der Waals surface area (Å²) in [6, 6.07) is 0. The first-order valence-corrected chi connectivity index (χ1v) is 9.59. The molecule has 0 aliphatic carbocycles. The van der Waals surface area contributed by atoms with E-state index < -0.39 is 13.6 Å². The molecule has 0 unspecified atom stereocenters. The number of anilines is 2. The zero-order valence-corrected chi connectivity index (χ0v) is 14.7. The first-order chi connectivity index (χ1) is 11.8. The Bertz CT molecular complexity index is 704. The zero-order chi connectivity index (χ0) is 18.4. The highest BCUT2D eigenvalue weighted by Crippen LogP contribution is 2.33. The van der Waals surface area contributed by atoms with E-state index in [0.717, 1.165) is 0 Å². The van der Waals surface area contributed by atoms with Crippen LogP contribution in [0.5, 0.6) is 0 Å². The number of rotatable bonds is 9. The predicted molar refractivity (Wildman–Crippen MR) is 90.7 cm³/mol. The highest BCUT2D eigenvalue weighted by Gasteiger charge is 2.24. The molecule has 0 aromatic carbocycles. The molecule has 0 spiro atoms. The molecule has 4 N–H and O–H groups in total. The summed E-state index contributed by atoms with van der Waals surface area (Å²) < 4.78 is 16.0. The van der Waals surface area contributed by atoms with Crippen LogP contribution in [-0.2, 0) is 14.1 Å². The van der Waals surface area contributed by atoms with Crippen LogP contribution in [0, 0.1) is 0 Å². The minimum Gasteiger partial charge on any atom is -0.465 e. The highest BCUT2D eigenvalue weighted by atomic mass is 31.2. The van der Waals surface area contributed by atoms with Gasteiger partial charge in [0.1, 0.15) is 5.69 Å². The van der Waals surface area contributed by atoms with E-state index >= 15 is 0 Å². The van der Waals surface area contributed by atoms with Crippen LogP contribution in [0.1, 0.15) is 6.92 Å².